The number of nitrogens with zero attached hydrogens (tertiary/aromatic N) is 4. The van der Waals surface area contributed by atoms with Crippen LogP contribution in [0.3, 0.4) is 0 Å². The highest BCUT2D eigenvalue weighted by Gasteiger charge is 2.42. The van der Waals surface area contributed by atoms with Gasteiger partial charge in [-0.15, -0.1) is 0 Å². The molecule has 0 amide bonds. The van der Waals surface area contributed by atoms with Gasteiger partial charge in [0.25, 0.3) is 0 Å². The molecule has 3 unspecified atom stereocenters. The number of aromatic nitrogens is 3. The van der Waals surface area contributed by atoms with Crippen molar-refractivity contribution < 1.29 is 18.3 Å². The molecule has 2 fully saturated rings. The van der Waals surface area contributed by atoms with E-state index in [1.165, 1.54) is 4.68 Å². The van der Waals surface area contributed by atoms with Gasteiger partial charge in [-0.3, -0.25) is 9.47 Å². The maximum absolute atomic E-state index is 15.2. The quantitative estimate of drug-likeness (QED) is 0.380. The topological polar surface area (TPSA) is 61.5 Å². The number of halogens is 2. The maximum atomic E-state index is 15.2. The zero-order valence-corrected chi connectivity index (χ0v) is 22.1. The van der Waals surface area contributed by atoms with Crippen molar-refractivity contribution in [1.29, 1.82) is 0 Å². The summed E-state index contributed by atoms with van der Waals surface area (Å²) in [6, 6.07) is 10.4. The minimum atomic E-state index is -1.20. The van der Waals surface area contributed by atoms with E-state index in [2.05, 4.69) is 10.00 Å². The summed E-state index contributed by atoms with van der Waals surface area (Å²) in [6.07, 6.45) is 7.60. The number of hydrogen-bond acceptors (Lipinski definition) is 5. The number of benzene rings is 1. The second kappa shape index (κ2) is 12.5. The molecule has 38 heavy (non-hydrogen) atoms. The highest BCUT2D eigenvalue weighted by molar-refractivity contribution is 5.26. The van der Waals surface area contributed by atoms with Crippen LogP contribution in [-0.4, -0.2) is 63.4 Å². The summed E-state index contributed by atoms with van der Waals surface area (Å²) in [4.78, 5) is 15.1. The molecule has 1 aromatic carbocycles. The van der Waals surface area contributed by atoms with E-state index in [9.17, 15) is 9.18 Å². The lowest BCUT2D eigenvalue weighted by atomic mass is 9.99. The number of fused-ring (bicyclic) bond motifs is 2. The van der Waals surface area contributed by atoms with E-state index in [0.29, 0.717) is 44.2 Å². The smallest absolute Gasteiger partial charge is 0.346 e. The van der Waals surface area contributed by atoms with Crippen molar-refractivity contribution in [2.24, 2.45) is 0 Å². The van der Waals surface area contributed by atoms with Crippen molar-refractivity contribution in [3.63, 3.8) is 0 Å². The van der Waals surface area contributed by atoms with Gasteiger partial charge < -0.3 is 9.47 Å². The zero-order valence-electron chi connectivity index (χ0n) is 22.1. The van der Waals surface area contributed by atoms with Crippen LogP contribution in [0.4, 0.5) is 8.78 Å². The summed E-state index contributed by atoms with van der Waals surface area (Å²) in [5.74, 6) is 0.490. The Morgan fingerprint density at radius 1 is 1.11 bits per heavy atom. The van der Waals surface area contributed by atoms with Crippen molar-refractivity contribution in [3.8, 4) is 0 Å². The number of rotatable bonds is 12. The van der Waals surface area contributed by atoms with Crippen molar-refractivity contribution in [2.75, 3.05) is 19.8 Å². The maximum Gasteiger partial charge on any atom is 0.346 e. The fraction of sp³-hybridized carbons (Fsp3) is 0.586. The predicted molar refractivity (Wildman–Crippen MR) is 141 cm³/mol. The standard InChI is InChI=1S/C29H38F2N4O3/c1-21-32-35(29(36)33(21)13-14-37-19-22-7-3-2-4-8-22)18-24(30)17-34-25-11-12-26(34)16-27(15-25)38-20-23-9-5-6-10-28(23)31/h2-5,7-9,24-27H,6,10-20H2,1H3. The van der Waals surface area contributed by atoms with Crippen LogP contribution in [-0.2, 0) is 29.2 Å². The first kappa shape index (κ1) is 27.0. The fourth-order valence-electron chi connectivity index (χ4n) is 6.00. The molecule has 2 aliphatic heterocycles. The molecule has 3 heterocycles. The van der Waals surface area contributed by atoms with Crippen molar-refractivity contribution in [1.82, 2.24) is 19.2 Å². The van der Waals surface area contributed by atoms with Crippen LogP contribution in [0.5, 0.6) is 0 Å². The van der Waals surface area contributed by atoms with Gasteiger partial charge >= 0.3 is 5.69 Å². The second-order valence-electron chi connectivity index (χ2n) is 10.7. The molecule has 3 atom stereocenters. The summed E-state index contributed by atoms with van der Waals surface area (Å²) < 4.78 is 43.8. The number of allylic oxidation sites excluding steroid dienone is 2. The second-order valence-corrected chi connectivity index (χ2v) is 10.7. The first-order valence-electron chi connectivity index (χ1n) is 13.8. The third kappa shape index (κ3) is 6.50. The summed E-state index contributed by atoms with van der Waals surface area (Å²) in [7, 11) is 0. The average Bonchev–Trinajstić information content (AvgIpc) is 3.30. The Balaban J connectivity index is 1.09. The Labute approximate surface area is 222 Å². The molecule has 9 heteroatoms. The Kier molecular flexibility index (Phi) is 8.86. The summed E-state index contributed by atoms with van der Waals surface area (Å²) in [6.45, 7) is 3.52. The highest BCUT2D eigenvalue weighted by atomic mass is 19.1. The molecule has 0 spiro atoms. The zero-order chi connectivity index (χ0) is 26.5. The van der Waals surface area contributed by atoms with Crippen molar-refractivity contribution in [3.05, 3.63) is 75.8 Å². The minimum absolute atomic E-state index is 0.0623. The highest BCUT2D eigenvalue weighted by Crippen LogP contribution is 2.37. The van der Waals surface area contributed by atoms with Crippen LogP contribution in [0, 0.1) is 6.92 Å². The van der Waals surface area contributed by atoms with Gasteiger partial charge in [-0.25, -0.2) is 18.3 Å². The Bertz CT molecular complexity index is 1180. The predicted octanol–water partition coefficient (Wildman–Crippen LogP) is 4.49. The summed E-state index contributed by atoms with van der Waals surface area (Å²) >= 11 is 0. The van der Waals surface area contributed by atoms with Gasteiger partial charge in [0.1, 0.15) is 17.8 Å². The van der Waals surface area contributed by atoms with Crippen LogP contribution in [0.2, 0.25) is 0 Å². The number of ether oxygens (including phenoxy) is 2. The lowest BCUT2D eigenvalue weighted by Gasteiger charge is -2.39. The van der Waals surface area contributed by atoms with Crippen molar-refractivity contribution >= 4 is 0 Å². The normalized spacial score (nSPS) is 24.3. The number of aryl methyl sites for hydroxylation is 1. The molecule has 3 aliphatic rings. The largest absolute Gasteiger partial charge is 0.375 e. The minimum Gasteiger partial charge on any atom is -0.375 e. The molecule has 0 saturated carbocycles. The van der Waals surface area contributed by atoms with Gasteiger partial charge in [-0.1, -0.05) is 42.5 Å². The lowest BCUT2D eigenvalue weighted by molar-refractivity contribution is -0.0187. The molecule has 1 aromatic heterocycles. The molecule has 2 aromatic rings. The monoisotopic (exact) mass is 528 g/mol. The first-order valence-corrected chi connectivity index (χ1v) is 13.8. The number of hydrogen-bond donors (Lipinski definition) is 0. The molecule has 0 N–H and O–H groups in total. The molecular weight excluding hydrogens is 490 g/mol. The van der Waals surface area contributed by atoms with E-state index >= 15 is 4.39 Å². The molecule has 5 rings (SSSR count). The lowest BCUT2D eigenvalue weighted by Crippen LogP contribution is -2.48. The fourth-order valence-corrected chi connectivity index (χ4v) is 6.00. The van der Waals surface area contributed by atoms with Gasteiger partial charge in [-0.2, -0.15) is 5.10 Å². The molecule has 206 valence electrons. The molecule has 7 nitrogen and oxygen atoms in total. The first-order chi connectivity index (χ1) is 18.5. The van der Waals surface area contributed by atoms with E-state index in [1.54, 1.807) is 11.5 Å². The molecule has 1 aliphatic carbocycles. The average molecular weight is 529 g/mol. The number of piperidine rings is 1. The van der Waals surface area contributed by atoms with Gasteiger partial charge in [0.2, 0.25) is 0 Å². The van der Waals surface area contributed by atoms with Gasteiger partial charge in [-0.05, 0) is 44.6 Å². The van der Waals surface area contributed by atoms with Crippen molar-refractivity contribution in [2.45, 2.75) is 89.5 Å². The van der Waals surface area contributed by atoms with E-state index in [0.717, 1.165) is 37.7 Å². The summed E-state index contributed by atoms with van der Waals surface area (Å²) in [5, 5.41) is 4.31. The van der Waals surface area contributed by atoms with Crippen LogP contribution < -0.4 is 5.69 Å². The molecule has 0 radical (unpaired) electrons. The third-order valence-corrected chi connectivity index (χ3v) is 7.97. The van der Waals surface area contributed by atoms with E-state index in [-0.39, 0.29) is 42.8 Å². The van der Waals surface area contributed by atoms with Gasteiger partial charge in [0, 0.05) is 30.6 Å². The van der Waals surface area contributed by atoms with Crippen LogP contribution in [0.1, 0.15) is 49.9 Å². The van der Waals surface area contributed by atoms with E-state index in [1.807, 2.05) is 42.5 Å². The Morgan fingerprint density at radius 2 is 1.87 bits per heavy atom. The molecular formula is C29H38F2N4O3. The Hall–Kier alpha value is -2.62. The molecule has 2 bridgehead atoms. The van der Waals surface area contributed by atoms with E-state index in [4.69, 9.17) is 9.47 Å². The van der Waals surface area contributed by atoms with Crippen LogP contribution in [0.15, 0.2) is 58.7 Å². The molecule has 2 saturated heterocycles. The van der Waals surface area contributed by atoms with Crippen LogP contribution in [0.25, 0.3) is 0 Å². The van der Waals surface area contributed by atoms with E-state index < -0.39 is 6.17 Å². The van der Waals surface area contributed by atoms with Gasteiger partial charge in [0.15, 0.2) is 0 Å². The van der Waals surface area contributed by atoms with Gasteiger partial charge in [0.05, 0.1) is 39.0 Å². The number of alkyl halides is 1. The Morgan fingerprint density at radius 3 is 2.61 bits per heavy atom. The van der Waals surface area contributed by atoms with Crippen LogP contribution >= 0.6 is 0 Å². The third-order valence-electron chi connectivity index (χ3n) is 7.97. The summed E-state index contributed by atoms with van der Waals surface area (Å²) in [5.41, 5.74) is 1.42. The SMILES string of the molecule is Cc1nn(CC(F)CN2C3CCC2CC(OCC2=C(F)CCC=C2)C3)c(=O)n1CCOCc1ccccc1.